The molecule has 0 aliphatic carbocycles. The van der Waals surface area contributed by atoms with E-state index in [9.17, 15) is 9.18 Å². The maximum Gasteiger partial charge on any atom is 0.254 e. The first kappa shape index (κ1) is 13.9. The van der Waals surface area contributed by atoms with Crippen LogP contribution in [0, 0.1) is 5.82 Å². The summed E-state index contributed by atoms with van der Waals surface area (Å²) >= 11 is 0. The zero-order valence-electron chi connectivity index (χ0n) is 11.1. The molecule has 2 aromatic rings. The number of halogens is 1. The number of pyridine rings is 2. The molecule has 0 saturated carbocycles. The summed E-state index contributed by atoms with van der Waals surface area (Å²) in [4.78, 5) is 19.6. The van der Waals surface area contributed by atoms with E-state index in [1.165, 1.54) is 12.3 Å². The fourth-order valence-electron chi connectivity index (χ4n) is 1.76. The Kier molecular flexibility index (Phi) is 4.60. The van der Waals surface area contributed by atoms with Gasteiger partial charge in [0.25, 0.3) is 5.91 Å². The molecule has 0 bridgehead atoms. The monoisotopic (exact) mass is 274 g/mol. The Morgan fingerprint density at radius 2 is 2.00 bits per heavy atom. The SMILES string of the molecule is CNc1nccc(C(=O)NCCc2ccncc2)c1F. The quantitative estimate of drug-likeness (QED) is 0.869. The molecule has 0 unspecified atom stereocenters. The number of hydrogen-bond donors (Lipinski definition) is 2. The van der Waals surface area contributed by atoms with Gasteiger partial charge in [0.15, 0.2) is 11.6 Å². The van der Waals surface area contributed by atoms with Gasteiger partial charge in [0.2, 0.25) is 0 Å². The third-order valence-electron chi connectivity index (χ3n) is 2.82. The first-order valence-corrected chi connectivity index (χ1v) is 6.21. The molecule has 0 fully saturated rings. The summed E-state index contributed by atoms with van der Waals surface area (Å²) in [5.41, 5.74) is 1.05. The molecule has 2 heterocycles. The van der Waals surface area contributed by atoms with Crippen LogP contribution in [0.2, 0.25) is 0 Å². The second kappa shape index (κ2) is 6.60. The average molecular weight is 274 g/mol. The Balaban J connectivity index is 1.95. The summed E-state index contributed by atoms with van der Waals surface area (Å²) in [7, 11) is 1.55. The van der Waals surface area contributed by atoms with Crippen molar-refractivity contribution in [2.24, 2.45) is 0 Å². The minimum atomic E-state index is -0.642. The molecule has 2 aromatic heterocycles. The van der Waals surface area contributed by atoms with E-state index < -0.39 is 11.7 Å². The molecule has 0 aliphatic rings. The molecule has 0 radical (unpaired) electrons. The van der Waals surface area contributed by atoms with Crippen LogP contribution in [0.1, 0.15) is 15.9 Å². The minimum absolute atomic E-state index is 0.0147. The van der Waals surface area contributed by atoms with Gasteiger partial charge in [-0.1, -0.05) is 0 Å². The second-order valence-electron chi connectivity index (χ2n) is 4.13. The summed E-state index contributed by atoms with van der Waals surface area (Å²) in [6.45, 7) is 0.430. The molecule has 0 spiro atoms. The van der Waals surface area contributed by atoms with Gasteiger partial charge in [-0.15, -0.1) is 0 Å². The van der Waals surface area contributed by atoms with Crippen LogP contribution in [0.4, 0.5) is 10.2 Å². The van der Waals surface area contributed by atoms with Crippen LogP contribution >= 0.6 is 0 Å². The number of carbonyl (C=O) groups is 1. The van der Waals surface area contributed by atoms with Crippen molar-refractivity contribution in [3.63, 3.8) is 0 Å². The molecule has 6 heteroatoms. The molecule has 0 atom stereocenters. The lowest BCUT2D eigenvalue weighted by Gasteiger charge is -2.08. The van der Waals surface area contributed by atoms with Gasteiger partial charge in [0, 0.05) is 32.2 Å². The van der Waals surface area contributed by atoms with Gasteiger partial charge >= 0.3 is 0 Å². The number of anilines is 1. The van der Waals surface area contributed by atoms with Crippen LogP contribution in [-0.4, -0.2) is 29.5 Å². The Morgan fingerprint density at radius 3 is 2.70 bits per heavy atom. The molecule has 5 nitrogen and oxygen atoms in total. The highest BCUT2D eigenvalue weighted by atomic mass is 19.1. The number of hydrogen-bond acceptors (Lipinski definition) is 4. The third kappa shape index (κ3) is 3.28. The molecule has 2 rings (SSSR count). The van der Waals surface area contributed by atoms with E-state index >= 15 is 0 Å². The Labute approximate surface area is 116 Å². The van der Waals surface area contributed by atoms with Gasteiger partial charge in [-0.2, -0.15) is 0 Å². The maximum absolute atomic E-state index is 13.9. The number of amides is 1. The largest absolute Gasteiger partial charge is 0.371 e. The van der Waals surface area contributed by atoms with E-state index in [4.69, 9.17) is 0 Å². The van der Waals surface area contributed by atoms with Gasteiger partial charge in [0.1, 0.15) is 0 Å². The zero-order valence-corrected chi connectivity index (χ0v) is 11.1. The molecule has 0 aromatic carbocycles. The number of nitrogens with one attached hydrogen (secondary N) is 2. The summed E-state index contributed by atoms with van der Waals surface area (Å²) in [5, 5.41) is 5.28. The van der Waals surface area contributed by atoms with Crippen molar-refractivity contribution < 1.29 is 9.18 Å². The molecular weight excluding hydrogens is 259 g/mol. The topological polar surface area (TPSA) is 66.9 Å². The lowest BCUT2D eigenvalue weighted by molar-refractivity contribution is 0.0950. The van der Waals surface area contributed by atoms with Crippen molar-refractivity contribution in [2.45, 2.75) is 6.42 Å². The number of aromatic nitrogens is 2. The van der Waals surface area contributed by atoms with Crippen LogP contribution in [-0.2, 0) is 6.42 Å². The van der Waals surface area contributed by atoms with Crippen LogP contribution < -0.4 is 10.6 Å². The van der Waals surface area contributed by atoms with Crippen LogP contribution in [0.5, 0.6) is 0 Å². The normalized spacial score (nSPS) is 10.1. The molecule has 1 amide bonds. The highest BCUT2D eigenvalue weighted by molar-refractivity contribution is 5.95. The summed E-state index contributed by atoms with van der Waals surface area (Å²) in [6.07, 6.45) is 5.45. The number of rotatable bonds is 5. The smallest absolute Gasteiger partial charge is 0.254 e. The van der Waals surface area contributed by atoms with Crippen LogP contribution in [0.3, 0.4) is 0 Å². The minimum Gasteiger partial charge on any atom is -0.371 e. The van der Waals surface area contributed by atoms with Crippen molar-refractivity contribution in [3.8, 4) is 0 Å². The highest BCUT2D eigenvalue weighted by Crippen LogP contribution is 2.14. The van der Waals surface area contributed by atoms with Crippen molar-refractivity contribution in [2.75, 3.05) is 18.9 Å². The zero-order chi connectivity index (χ0) is 14.4. The number of nitrogens with zero attached hydrogens (tertiary/aromatic N) is 2. The summed E-state index contributed by atoms with van der Waals surface area (Å²) in [5.74, 6) is -1.03. The van der Waals surface area contributed by atoms with E-state index in [1.54, 1.807) is 19.4 Å². The molecule has 2 N–H and O–H groups in total. The van der Waals surface area contributed by atoms with Crippen molar-refractivity contribution in [1.82, 2.24) is 15.3 Å². The predicted molar refractivity (Wildman–Crippen MR) is 74.0 cm³/mol. The fourth-order valence-corrected chi connectivity index (χ4v) is 1.76. The van der Waals surface area contributed by atoms with Crippen molar-refractivity contribution >= 4 is 11.7 Å². The second-order valence-corrected chi connectivity index (χ2v) is 4.13. The van der Waals surface area contributed by atoms with Crippen LogP contribution in [0.15, 0.2) is 36.8 Å². The van der Waals surface area contributed by atoms with Crippen LogP contribution in [0.25, 0.3) is 0 Å². The van der Waals surface area contributed by atoms with Gasteiger partial charge in [-0.05, 0) is 30.2 Å². The fraction of sp³-hybridized carbons (Fsp3) is 0.214. The highest BCUT2D eigenvalue weighted by Gasteiger charge is 2.14. The van der Waals surface area contributed by atoms with Gasteiger partial charge in [0.05, 0.1) is 5.56 Å². The average Bonchev–Trinajstić information content (AvgIpc) is 2.48. The molecule has 0 saturated heterocycles. The third-order valence-corrected chi connectivity index (χ3v) is 2.82. The Morgan fingerprint density at radius 1 is 1.25 bits per heavy atom. The first-order chi connectivity index (χ1) is 9.72. The first-order valence-electron chi connectivity index (χ1n) is 6.21. The molecule has 0 aliphatic heterocycles. The molecule has 104 valence electrons. The summed E-state index contributed by atoms with van der Waals surface area (Å²) in [6, 6.07) is 5.11. The lowest BCUT2D eigenvalue weighted by Crippen LogP contribution is -2.27. The van der Waals surface area contributed by atoms with E-state index in [1.807, 2.05) is 12.1 Å². The van der Waals surface area contributed by atoms with Crippen molar-refractivity contribution in [3.05, 3.63) is 53.7 Å². The standard InChI is InChI=1S/C14H15FN4O/c1-16-13-12(15)11(5-9-18-13)14(20)19-8-4-10-2-6-17-7-3-10/h2-3,5-7,9H,4,8H2,1H3,(H,16,18)(H,19,20). The molecule has 20 heavy (non-hydrogen) atoms. The van der Waals surface area contributed by atoms with E-state index in [2.05, 4.69) is 20.6 Å². The Bertz CT molecular complexity index is 589. The summed E-state index contributed by atoms with van der Waals surface area (Å²) < 4.78 is 13.9. The number of carbonyl (C=O) groups excluding carboxylic acids is 1. The van der Waals surface area contributed by atoms with E-state index in [0.29, 0.717) is 13.0 Å². The molecular formula is C14H15FN4O. The maximum atomic E-state index is 13.9. The van der Waals surface area contributed by atoms with Gasteiger partial charge < -0.3 is 10.6 Å². The van der Waals surface area contributed by atoms with E-state index in [0.717, 1.165) is 5.56 Å². The van der Waals surface area contributed by atoms with E-state index in [-0.39, 0.29) is 11.4 Å². The predicted octanol–water partition coefficient (Wildman–Crippen LogP) is 1.63. The van der Waals surface area contributed by atoms with Gasteiger partial charge in [-0.25, -0.2) is 9.37 Å². The van der Waals surface area contributed by atoms with Gasteiger partial charge in [-0.3, -0.25) is 9.78 Å². The Hall–Kier alpha value is -2.50. The lowest BCUT2D eigenvalue weighted by atomic mass is 10.2. The van der Waals surface area contributed by atoms with Crippen molar-refractivity contribution in [1.29, 1.82) is 0 Å².